The fourth-order valence-corrected chi connectivity index (χ4v) is 2.15. The summed E-state index contributed by atoms with van der Waals surface area (Å²) in [4.78, 5) is 22.2. The van der Waals surface area contributed by atoms with Crippen LogP contribution in [0.2, 0.25) is 0 Å². The molecule has 0 N–H and O–H groups in total. The first-order chi connectivity index (χ1) is 11.5. The van der Waals surface area contributed by atoms with Crippen molar-refractivity contribution < 1.29 is 14.5 Å². The van der Waals surface area contributed by atoms with E-state index < -0.39 is 10.9 Å². The largest absolute Gasteiger partial charge is 0.458 e. The van der Waals surface area contributed by atoms with Gasteiger partial charge in [-0.1, -0.05) is 50.2 Å². The van der Waals surface area contributed by atoms with Crippen LogP contribution in [0.15, 0.2) is 54.6 Å². The first-order valence-electron chi connectivity index (χ1n) is 7.64. The first-order valence-corrected chi connectivity index (χ1v) is 7.64. The van der Waals surface area contributed by atoms with Crippen LogP contribution >= 0.6 is 0 Å². The number of rotatable bonds is 6. The number of nitrogens with zero attached hydrogens (tertiary/aromatic N) is 1. The second-order valence-electron chi connectivity index (χ2n) is 5.65. The number of hydrogen-bond donors (Lipinski definition) is 0. The third-order valence-electron chi connectivity index (χ3n) is 3.56. The van der Waals surface area contributed by atoms with Crippen LogP contribution in [0.3, 0.4) is 0 Å². The molecule has 0 radical (unpaired) electrons. The maximum absolute atomic E-state index is 11.8. The summed E-state index contributed by atoms with van der Waals surface area (Å²) in [5.41, 5.74) is 2.43. The van der Waals surface area contributed by atoms with E-state index in [0.717, 1.165) is 5.56 Å². The number of hydrogen-bond acceptors (Lipinski definition) is 4. The predicted molar refractivity (Wildman–Crippen MR) is 92.5 cm³/mol. The summed E-state index contributed by atoms with van der Waals surface area (Å²) in [5.74, 6) is -0.0905. The highest BCUT2D eigenvalue weighted by molar-refractivity contribution is 5.87. The molecule has 0 saturated carbocycles. The van der Waals surface area contributed by atoms with E-state index in [-0.39, 0.29) is 12.3 Å². The van der Waals surface area contributed by atoms with Gasteiger partial charge in [0.05, 0.1) is 10.5 Å². The van der Waals surface area contributed by atoms with Gasteiger partial charge in [0.2, 0.25) is 0 Å². The lowest BCUT2D eigenvalue weighted by molar-refractivity contribution is -0.385. The summed E-state index contributed by atoms with van der Waals surface area (Å²) < 4.78 is 5.15. The molecule has 0 atom stereocenters. The quantitative estimate of drug-likeness (QED) is 0.340. The Kier molecular flexibility index (Phi) is 5.84. The molecule has 0 unspecified atom stereocenters. The molecule has 0 amide bonds. The van der Waals surface area contributed by atoms with Crippen LogP contribution in [-0.4, -0.2) is 10.9 Å². The smallest absolute Gasteiger partial charge is 0.331 e. The zero-order valence-electron chi connectivity index (χ0n) is 13.6. The Hall–Kier alpha value is -2.95. The third kappa shape index (κ3) is 4.78. The van der Waals surface area contributed by atoms with Crippen LogP contribution < -0.4 is 0 Å². The molecule has 2 aromatic carbocycles. The Morgan fingerprint density at radius 2 is 1.83 bits per heavy atom. The number of carbonyl (C=O) groups excluding carboxylic acids is 1. The second kappa shape index (κ2) is 8.06. The van der Waals surface area contributed by atoms with Crippen molar-refractivity contribution in [3.63, 3.8) is 0 Å². The van der Waals surface area contributed by atoms with Gasteiger partial charge >= 0.3 is 5.97 Å². The van der Waals surface area contributed by atoms with Crippen LogP contribution in [0.25, 0.3) is 6.08 Å². The molecule has 0 spiro atoms. The van der Waals surface area contributed by atoms with Gasteiger partial charge in [0, 0.05) is 12.1 Å². The van der Waals surface area contributed by atoms with Gasteiger partial charge in [-0.3, -0.25) is 10.1 Å². The summed E-state index contributed by atoms with van der Waals surface area (Å²) in [6.07, 6.45) is 2.59. The predicted octanol–water partition coefficient (Wildman–Crippen LogP) is 4.47. The molecule has 0 aliphatic carbocycles. The van der Waals surface area contributed by atoms with Crippen LogP contribution in [0.4, 0.5) is 5.69 Å². The van der Waals surface area contributed by atoms with Gasteiger partial charge < -0.3 is 4.74 Å². The van der Waals surface area contributed by atoms with Crippen molar-refractivity contribution in [2.24, 2.45) is 0 Å². The molecule has 0 bridgehead atoms. The van der Waals surface area contributed by atoms with Crippen molar-refractivity contribution in [3.05, 3.63) is 81.4 Å². The van der Waals surface area contributed by atoms with Crippen molar-refractivity contribution in [1.82, 2.24) is 0 Å². The lowest BCUT2D eigenvalue weighted by Crippen LogP contribution is -2.01. The molecule has 5 heteroatoms. The lowest BCUT2D eigenvalue weighted by Gasteiger charge is -2.07. The summed E-state index contributed by atoms with van der Waals surface area (Å²) in [6.45, 7) is 4.39. The zero-order chi connectivity index (χ0) is 17.5. The van der Waals surface area contributed by atoms with Crippen molar-refractivity contribution in [1.29, 1.82) is 0 Å². The average molecular weight is 325 g/mol. The molecule has 0 aliphatic heterocycles. The summed E-state index contributed by atoms with van der Waals surface area (Å²) in [6, 6.07) is 14.1. The van der Waals surface area contributed by atoms with E-state index in [0.29, 0.717) is 11.5 Å². The summed E-state index contributed by atoms with van der Waals surface area (Å²) in [5, 5.41) is 10.9. The van der Waals surface area contributed by atoms with Gasteiger partial charge in [-0.25, -0.2) is 4.79 Å². The van der Waals surface area contributed by atoms with Crippen LogP contribution in [0.1, 0.15) is 36.5 Å². The molecule has 0 saturated heterocycles. The van der Waals surface area contributed by atoms with Crippen LogP contribution in [0, 0.1) is 10.1 Å². The van der Waals surface area contributed by atoms with E-state index in [1.807, 2.05) is 24.3 Å². The molecule has 2 aromatic rings. The van der Waals surface area contributed by atoms with Crippen LogP contribution in [-0.2, 0) is 16.1 Å². The van der Waals surface area contributed by atoms with E-state index in [1.165, 1.54) is 23.8 Å². The van der Waals surface area contributed by atoms with Crippen molar-refractivity contribution in [2.75, 3.05) is 0 Å². The van der Waals surface area contributed by atoms with E-state index >= 15 is 0 Å². The number of ether oxygens (including phenoxy) is 1. The van der Waals surface area contributed by atoms with Gasteiger partial charge in [0.15, 0.2) is 0 Å². The second-order valence-corrected chi connectivity index (χ2v) is 5.65. The molecular formula is C19H19NO4. The number of nitro groups is 1. The minimum absolute atomic E-state index is 0.0502. The topological polar surface area (TPSA) is 69.4 Å². The molecule has 2 rings (SSSR count). The third-order valence-corrected chi connectivity index (χ3v) is 3.56. The Morgan fingerprint density at radius 1 is 1.17 bits per heavy atom. The highest BCUT2D eigenvalue weighted by Crippen LogP contribution is 2.19. The Balaban J connectivity index is 1.95. The molecule has 124 valence electrons. The van der Waals surface area contributed by atoms with Gasteiger partial charge in [0.25, 0.3) is 5.69 Å². The van der Waals surface area contributed by atoms with Crippen molar-refractivity contribution in [3.8, 4) is 0 Å². The summed E-state index contributed by atoms with van der Waals surface area (Å²) in [7, 11) is 0. The lowest BCUT2D eigenvalue weighted by atomic mass is 10.0. The molecule has 0 aromatic heterocycles. The molecular weight excluding hydrogens is 306 g/mol. The van der Waals surface area contributed by atoms with Crippen LogP contribution in [0.5, 0.6) is 0 Å². The number of carbonyl (C=O) groups is 1. The minimum atomic E-state index is -0.541. The number of benzene rings is 2. The number of para-hydroxylation sites is 1. The van der Waals surface area contributed by atoms with Gasteiger partial charge in [-0.15, -0.1) is 0 Å². The zero-order valence-corrected chi connectivity index (χ0v) is 13.6. The molecule has 0 heterocycles. The molecule has 0 fully saturated rings. The Labute approximate surface area is 140 Å². The normalized spacial score (nSPS) is 11.0. The van der Waals surface area contributed by atoms with Crippen molar-refractivity contribution in [2.45, 2.75) is 26.4 Å². The molecule has 5 nitrogen and oxygen atoms in total. The highest BCUT2D eigenvalue weighted by atomic mass is 16.6. The van der Waals surface area contributed by atoms with Gasteiger partial charge in [-0.05, 0) is 29.2 Å². The monoisotopic (exact) mass is 325 g/mol. The van der Waals surface area contributed by atoms with E-state index in [1.54, 1.807) is 18.2 Å². The van der Waals surface area contributed by atoms with E-state index in [2.05, 4.69) is 13.8 Å². The fraction of sp³-hybridized carbons (Fsp3) is 0.211. The number of esters is 1. The average Bonchev–Trinajstić information content (AvgIpc) is 2.58. The fourth-order valence-electron chi connectivity index (χ4n) is 2.15. The molecule has 0 aliphatic rings. The number of nitro benzene ring substituents is 1. The first kappa shape index (κ1) is 17.4. The Morgan fingerprint density at radius 3 is 2.46 bits per heavy atom. The minimum Gasteiger partial charge on any atom is -0.458 e. The summed E-state index contributed by atoms with van der Waals surface area (Å²) >= 11 is 0. The maximum atomic E-state index is 11.8. The van der Waals surface area contributed by atoms with Gasteiger partial charge in [0.1, 0.15) is 6.61 Å². The van der Waals surface area contributed by atoms with Crippen molar-refractivity contribution >= 4 is 17.7 Å². The SMILES string of the molecule is CC(C)c1ccc(COC(=O)/C=C/c2ccccc2[N+](=O)[O-])cc1. The standard InChI is InChI=1S/C19H19NO4/c1-14(2)16-9-7-15(8-10-16)13-24-19(21)12-11-17-5-3-4-6-18(17)20(22)23/h3-12,14H,13H2,1-2H3/b12-11+. The van der Waals surface area contributed by atoms with E-state index in [4.69, 9.17) is 4.74 Å². The highest BCUT2D eigenvalue weighted by Gasteiger charge is 2.10. The van der Waals surface area contributed by atoms with Gasteiger partial charge in [-0.2, -0.15) is 0 Å². The maximum Gasteiger partial charge on any atom is 0.331 e. The Bertz CT molecular complexity index is 748. The molecule has 24 heavy (non-hydrogen) atoms. The van der Waals surface area contributed by atoms with E-state index in [9.17, 15) is 14.9 Å².